The zero-order valence-electron chi connectivity index (χ0n) is 14.7. The lowest BCUT2D eigenvalue weighted by Gasteiger charge is -2.16. The summed E-state index contributed by atoms with van der Waals surface area (Å²) in [6.07, 6.45) is 4.53. The van der Waals surface area contributed by atoms with Gasteiger partial charge in [-0.15, -0.1) is 10.2 Å². The number of hydrogen-bond acceptors (Lipinski definition) is 6. The number of nitrogens with zero attached hydrogens (tertiary/aromatic N) is 3. The number of carbonyl (C=O) groups excluding carboxylic acids is 2. The molecule has 8 heteroatoms. The number of benzene rings is 1. The smallest absolute Gasteiger partial charge is 0.264 e. The SMILES string of the molecule is CCCCc1nnc(NC(=O)COc2ccc(N3CCCC3=O)cc2)s1. The summed E-state index contributed by atoms with van der Waals surface area (Å²) in [6, 6.07) is 7.20. The van der Waals surface area contributed by atoms with Crippen molar-refractivity contribution in [2.45, 2.75) is 39.0 Å². The second kappa shape index (κ2) is 8.75. The average molecular weight is 374 g/mol. The molecule has 1 aromatic carbocycles. The quantitative estimate of drug-likeness (QED) is 0.768. The third-order valence-electron chi connectivity index (χ3n) is 4.05. The molecule has 26 heavy (non-hydrogen) atoms. The molecule has 1 aliphatic rings. The number of unbranched alkanes of at least 4 members (excludes halogenated alkanes) is 1. The van der Waals surface area contributed by atoms with Crippen molar-refractivity contribution in [3.05, 3.63) is 29.3 Å². The molecule has 0 aliphatic carbocycles. The largest absolute Gasteiger partial charge is 0.484 e. The van der Waals surface area contributed by atoms with Gasteiger partial charge < -0.3 is 9.64 Å². The number of aryl methyl sites for hydroxylation is 1. The molecule has 1 aromatic heterocycles. The molecule has 7 nitrogen and oxygen atoms in total. The van der Waals surface area contributed by atoms with E-state index in [0.29, 0.717) is 17.3 Å². The summed E-state index contributed by atoms with van der Waals surface area (Å²) >= 11 is 1.39. The van der Waals surface area contributed by atoms with Crippen LogP contribution in [-0.4, -0.2) is 35.2 Å². The number of carbonyl (C=O) groups is 2. The molecule has 1 saturated heterocycles. The van der Waals surface area contributed by atoms with Gasteiger partial charge in [0.2, 0.25) is 11.0 Å². The van der Waals surface area contributed by atoms with E-state index in [-0.39, 0.29) is 18.4 Å². The van der Waals surface area contributed by atoms with Crippen LogP contribution in [0.25, 0.3) is 0 Å². The predicted octanol–water partition coefficient (Wildman–Crippen LogP) is 3.03. The Morgan fingerprint density at radius 2 is 2.12 bits per heavy atom. The van der Waals surface area contributed by atoms with Crippen LogP contribution in [0.4, 0.5) is 10.8 Å². The number of amides is 2. The van der Waals surface area contributed by atoms with E-state index in [0.717, 1.165) is 42.9 Å². The number of ether oxygens (including phenoxy) is 1. The molecule has 0 bridgehead atoms. The lowest BCUT2D eigenvalue weighted by atomic mass is 10.3. The summed E-state index contributed by atoms with van der Waals surface area (Å²) in [6.45, 7) is 2.77. The summed E-state index contributed by atoms with van der Waals surface area (Å²) < 4.78 is 5.50. The van der Waals surface area contributed by atoms with Gasteiger partial charge in [0.1, 0.15) is 10.8 Å². The molecule has 1 fully saturated rings. The normalized spacial score (nSPS) is 13.9. The Hall–Kier alpha value is -2.48. The predicted molar refractivity (Wildman–Crippen MR) is 101 cm³/mol. The van der Waals surface area contributed by atoms with Crippen LogP contribution in [-0.2, 0) is 16.0 Å². The van der Waals surface area contributed by atoms with E-state index in [2.05, 4.69) is 22.4 Å². The molecule has 0 radical (unpaired) electrons. The van der Waals surface area contributed by atoms with Gasteiger partial charge in [0.05, 0.1) is 0 Å². The van der Waals surface area contributed by atoms with Gasteiger partial charge in [0.25, 0.3) is 5.91 Å². The van der Waals surface area contributed by atoms with E-state index in [4.69, 9.17) is 4.74 Å². The Balaban J connectivity index is 1.46. The van der Waals surface area contributed by atoms with Crippen molar-refractivity contribution in [3.63, 3.8) is 0 Å². The Labute approximate surface area is 156 Å². The zero-order valence-corrected chi connectivity index (χ0v) is 15.6. The number of aromatic nitrogens is 2. The van der Waals surface area contributed by atoms with Crippen LogP contribution in [0.3, 0.4) is 0 Å². The van der Waals surface area contributed by atoms with Crippen molar-refractivity contribution in [3.8, 4) is 5.75 Å². The van der Waals surface area contributed by atoms with Crippen LogP contribution in [0.2, 0.25) is 0 Å². The summed E-state index contributed by atoms with van der Waals surface area (Å²) in [5, 5.41) is 12.1. The highest BCUT2D eigenvalue weighted by Gasteiger charge is 2.21. The highest BCUT2D eigenvalue weighted by molar-refractivity contribution is 7.15. The second-order valence-corrected chi connectivity index (χ2v) is 7.15. The summed E-state index contributed by atoms with van der Waals surface area (Å²) in [5.41, 5.74) is 0.859. The van der Waals surface area contributed by atoms with E-state index >= 15 is 0 Å². The van der Waals surface area contributed by atoms with Crippen LogP contribution in [0, 0.1) is 0 Å². The van der Waals surface area contributed by atoms with E-state index < -0.39 is 0 Å². The molecule has 1 aliphatic heterocycles. The minimum atomic E-state index is -0.276. The first-order valence-corrected chi connectivity index (χ1v) is 9.63. The van der Waals surface area contributed by atoms with Gasteiger partial charge in [0, 0.05) is 25.1 Å². The Kier molecular flexibility index (Phi) is 6.17. The molecule has 2 amide bonds. The number of anilines is 2. The number of nitrogens with one attached hydrogen (secondary N) is 1. The molecule has 0 atom stereocenters. The van der Waals surface area contributed by atoms with Gasteiger partial charge in [-0.3, -0.25) is 14.9 Å². The van der Waals surface area contributed by atoms with E-state index in [1.165, 1.54) is 11.3 Å². The molecule has 138 valence electrons. The molecule has 0 unspecified atom stereocenters. The van der Waals surface area contributed by atoms with Crippen LogP contribution in [0.15, 0.2) is 24.3 Å². The van der Waals surface area contributed by atoms with Crippen LogP contribution in [0.1, 0.15) is 37.6 Å². The van der Waals surface area contributed by atoms with Gasteiger partial charge in [-0.05, 0) is 37.1 Å². The Morgan fingerprint density at radius 3 is 2.81 bits per heavy atom. The zero-order chi connectivity index (χ0) is 18.4. The first-order chi connectivity index (χ1) is 12.7. The van der Waals surface area contributed by atoms with E-state index in [1.54, 1.807) is 17.0 Å². The third kappa shape index (κ3) is 4.78. The number of rotatable bonds is 8. The molecule has 2 heterocycles. The molecular weight excluding hydrogens is 352 g/mol. The van der Waals surface area contributed by atoms with Crippen molar-refractivity contribution >= 4 is 34.0 Å². The first-order valence-electron chi connectivity index (χ1n) is 8.81. The maximum atomic E-state index is 12.0. The summed E-state index contributed by atoms with van der Waals surface area (Å²) in [5.74, 6) is 0.451. The van der Waals surface area contributed by atoms with E-state index in [9.17, 15) is 9.59 Å². The maximum absolute atomic E-state index is 12.0. The Morgan fingerprint density at radius 1 is 1.31 bits per heavy atom. The van der Waals surface area contributed by atoms with Crippen LogP contribution in [0.5, 0.6) is 5.75 Å². The minimum absolute atomic E-state index is 0.105. The molecule has 0 saturated carbocycles. The first kappa shape index (κ1) is 18.3. The fourth-order valence-corrected chi connectivity index (χ4v) is 3.48. The van der Waals surface area contributed by atoms with Gasteiger partial charge in [0.15, 0.2) is 6.61 Å². The minimum Gasteiger partial charge on any atom is -0.484 e. The number of hydrogen-bond donors (Lipinski definition) is 1. The fraction of sp³-hybridized carbons (Fsp3) is 0.444. The molecule has 3 rings (SSSR count). The van der Waals surface area contributed by atoms with Crippen molar-refractivity contribution in [2.75, 3.05) is 23.4 Å². The van der Waals surface area contributed by atoms with Crippen LogP contribution >= 0.6 is 11.3 Å². The molecule has 1 N–H and O–H groups in total. The molecule has 2 aromatic rings. The lowest BCUT2D eigenvalue weighted by molar-refractivity contribution is -0.118. The van der Waals surface area contributed by atoms with Crippen LogP contribution < -0.4 is 15.0 Å². The lowest BCUT2D eigenvalue weighted by Crippen LogP contribution is -2.23. The molecule has 0 spiro atoms. The Bertz CT molecular complexity index is 760. The van der Waals surface area contributed by atoms with Crippen molar-refractivity contribution < 1.29 is 14.3 Å². The van der Waals surface area contributed by atoms with Gasteiger partial charge in [-0.1, -0.05) is 24.7 Å². The topological polar surface area (TPSA) is 84.4 Å². The average Bonchev–Trinajstić information content (AvgIpc) is 3.27. The second-order valence-electron chi connectivity index (χ2n) is 6.08. The van der Waals surface area contributed by atoms with Gasteiger partial charge >= 0.3 is 0 Å². The maximum Gasteiger partial charge on any atom is 0.264 e. The molecular formula is C18H22N4O3S. The van der Waals surface area contributed by atoms with E-state index in [1.807, 2.05) is 12.1 Å². The highest BCUT2D eigenvalue weighted by Crippen LogP contribution is 2.24. The standard InChI is InChI=1S/C18H22N4O3S/c1-2-3-5-16-20-21-18(26-16)19-15(23)12-25-14-9-7-13(8-10-14)22-11-4-6-17(22)24/h7-10H,2-6,11-12H2,1H3,(H,19,21,23). The summed E-state index contributed by atoms with van der Waals surface area (Å²) in [4.78, 5) is 25.5. The van der Waals surface area contributed by atoms with Crippen molar-refractivity contribution in [1.82, 2.24) is 10.2 Å². The van der Waals surface area contributed by atoms with Crippen molar-refractivity contribution in [2.24, 2.45) is 0 Å². The monoisotopic (exact) mass is 374 g/mol. The van der Waals surface area contributed by atoms with Gasteiger partial charge in [-0.2, -0.15) is 0 Å². The highest BCUT2D eigenvalue weighted by atomic mass is 32.1. The summed E-state index contributed by atoms with van der Waals surface area (Å²) in [7, 11) is 0. The third-order valence-corrected chi connectivity index (χ3v) is 4.95. The van der Waals surface area contributed by atoms with Crippen molar-refractivity contribution in [1.29, 1.82) is 0 Å². The van der Waals surface area contributed by atoms with Gasteiger partial charge in [-0.25, -0.2) is 0 Å². The fourth-order valence-electron chi connectivity index (χ4n) is 2.68.